The molecule has 9 rings (SSSR count). The maximum absolute atomic E-state index is 5.31. The van der Waals surface area contributed by atoms with Gasteiger partial charge in [0.05, 0.1) is 23.2 Å². The van der Waals surface area contributed by atoms with Crippen LogP contribution in [0, 0.1) is 0 Å². The van der Waals surface area contributed by atoms with Gasteiger partial charge in [0.1, 0.15) is 0 Å². The molecule has 0 radical (unpaired) electrons. The summed E-state index contributed by atoms with van der Waals surface area (Å²) in [5, 5.41) is 4.79. The van der Waals surface area contributed by atoms with Gasteiger partial charge in [-0.1, -0.05) is 84.9 Å². The first kappa shape index (κ1) is 21.9. The van der Waals surface area contributed by atoms with Crippen LogP contribution >= 0.6 is 0 Å². The molecule has 40 heavy (non-hydrogen) atoms. The van der Waals surface area contributed by atoms with E-state index in [-0.39, 0.29) is 6.04 Å². The highest BCUT2D eigenvalue weighted by Crippen LogP contribution is 2.37. The number of aromatic amines is 2. The Morgan fingerprint density at radius 2 is 1.50 bits per heavy atom. The number of hydrogen-bond donors (Lipinski definition) is 2. The molecule has 1 aliphatic carbocycles. The van der Waals surface area contributed by atoms with Crippen LogP contribution < -0.4 is 10.7 Å². The van der Waals surface area contributed by atoms with Gasteiger partial charge in [-0.05, 0) is 42.2 Å². The number of nitrogens with zero attached hydrogens (tertiary/aromatic N) is 2. The minimum absolute atomic E-state index is 0.0466. The van der Waals surface area contributed by atoms with Crippen LogP contribution in [-0.2, 0) is 12.8 Å². The topological polar surface area (TPSA) is 56.3 Å². The Labute approximate surface area is 231 Å². The van der Waals surface area contributed by atoms with Gasteiger partial charge in [-0.3, -0.25) is 4.99 Å². The molecule has 1 atom stereocenters. The third-order valence-electron chi connectivity index (χ3n) is 8.73. The van der Waals surface area contributed by atoms with Gasteiger partial charge in [0, 0.05) is 61.5 Å². The molecule has 4 heteroatoms. The maximum atomic E-state index is 5.31. The lowest BCUT2D eigenvalue weighted by molar-refractivity contribution is 0.731. The second-order valence-electron chi connectivity index (χ2n) is 11.0. The van der Waals surface area contributed by atoms with E-state index in [1.165, 1.54) is 44.3 Å². The Balaban J connectivity index is 1.38. The van der Waals surface area contributed by atoms with Crippen LogP contribution in [0.4, 0.5) is 0 Å². The van der Waals surface area contributed by atoms with E-state index in [2.05, 4.69) is 113 Å². The number of H-pyrrole nitrogens is 2. The summed E-state index contributed by atoms with van der Waals surface area (Å²) >= 11 is 0. The predicted octanol–water partition coefficient (Wildman–Crippen LogP) is 6.01. The second-order valence-corrected chi connectivity index (χ2v) is 11.0. The van der Waals surface area contributed by atoms with Crippen molar-refractivity contribution in [2.45, 2.75) is 25.3 Å². The van der Waals surface area contributed by atoms with Crippen LogP contribution in [0.3, 0.4) is 0 Å². The first-order chi connectivity index (χ1) is 19.8. The van der Waals surface area contributed by atoms with E-state index in [1.54, 1.807) is 0 Å². The van der Waals surface area contributed by atoms with Crippen molar-refractivity contribution in [3.63, 3.8) is 0 Å². The molecule has 4 nitrogen and oxygen atoms in total. The summed E-state index contributed by atoms with van der Waals surface area (Å²) in [5.41, 5.74) is 12.8. The summed E-state index contributed by atoms with van der Waals surface area (Å²) in [6.07, 6.45) is 14.2. The number of fused-ring (bicyclic) bond motifs is 18. The van der Waals surface area contributed by atoms with E-state index in [0.717, 1.165) is 58.3 Å². The summed E-state index contributed by atoms with van der Waals surface area (Å²) in [6, 6.07) is 26.0. The number of allylic oxidation sites excluding steroid dienone is 2. The molecular formula is C36H26N4. The van der Waals surface area contributed by atoms with Gasteiger partial charge in [-0.2, -0.15) is 0 Å². The predicted molar refractivity (Wildman–Crippen MR) is 164 cm³/mol. The van der Waals surface area contributed by atoms with Crippen LogP contribution in [0.1, 0.15) is 57.2 Å². The number of rotatable bonds is 0. The van der Waals surface area contributed by atoms with Gasteiger partial charge < -0.3 is 9.97 Å². The third-order valence-corrected chi connectivity index (χ3v) is 8.73. The van der Waals surface area contributed by atoms with Crippen LogP contribution in [0.5, 0.6) is 0 Å². The average molecular weight is 515 g/mol. The number of hydrogen-bond acceptors (Lipinski definition) is 2. The molecular weight excluding hydrogens is 488 g/mol. The van der Waals surface area contributed by atoms with Crippen molar-refractivity contribution in [2.24, 2.45) is 9.98 Å². The van der Waals surface area contributed by atoms with Crippen molar-refractivity contribution in [3.8, 4) is 0 Å². The van der Waals surface area contributed by atoms with Gasteiger partial charge in [-0.15, -0.1) is 0 Å². The van der Waals surface area contributed by atoms with E-state index in [4.69, 9.17) is 9.98 Å². The van der Waals surface area contributed by atoms with Gasteiger partial charge in [0.25, 0.3) is 0 Å². The van der Waals surface area contributed by atoms with Crippen molar-refractivity contribution in [1.82, 2.24) is 9.97 Å². The Morgan fingerprint density at radius 3 is 2.42 bits per heavy atom. The summed E-state index contributed by atoms with van der Waals surface area (Å²) < 4.78 is 0. The zero-order valence-electron chi connectivity index (χ0n) is 21.9. The number of benzene rings is 3. The van der Waals surface area contributed by atoms with Crippen molar-refractivity contribution < 1.29 is 0 Å². The standard InChI is InChI=1S/C36H26N4/c1-2-10-22-21(9-1)29-17-31-23-11-3-4-12-24(23)33(38-31)19-35-27-15-7-8-16-28(27)36(40-35)20-34-26-14-6-5-13-25(26)32(39-34)18-30(22)37-29/h1-7,9-15,18-20,29,38,40H,8,16-17H2/b32-18-,35-19-,36-20?. The van der Waals surface area contributed by atoms with Crippen molar-refractivity contribution in [2.75, 3.05) is 0 Å². The lowest BCUT2D eigenvalue weighted by atomic mass is 9.96. The highest BCUT2D eigenvalue weighted by atomic mass is 14.9. The van der Waals surface area contributed by atoms with E-state index in [0.29, 0.717) is 0 Å². The summed E-state index contributed by atoms with van der Waals surface area (Å²) in [5.74, 6) is 0. The minimum Gasteiger partial charge on any atom is -0.358 e. The molecule has 0 saturated carbocycles. The number of aromatic nitrogens is 2. The minimum atomic E-state index is 0.0466. The lowest BCUT2D eigenvalue weighted by Gasteiger charge is -2.09. The lowest BCUT2D eigenvalue weighted by Crippen LogP contribution is -2.14. The first-order valence-corrected chi connectivity index (χ1v) is 14.1. The molecule has 0 fully saturated rings. The molecule has 3 aliphatic heterocycles. The molecule has 0 saturated heterocycles. The Bertz CT molecular complexity index is 2140. The molecule has 8 bridgehead atoms. The highest BCUT2D eigenvalue weighted by molar-refractivity contribution is 6.28. The summed E-state index contributed by atoms with van der Waals surface area (Å²) in [6.45, 7) is 0. The third kappa shape index (κ3) is 3.19. The first-order valence-electron chi connectivity index (χ1n) is 14.1. The van der Waals surface area contributed by atoms with Crippen molar-refractivity contribution >= 4 is 46.1 Å². The molecule has 1 unspecified atom stereocenters. The van der Waals surface area contributed by atoms with Crippen LogP contribution in [0.2, 0.25) is 0 Å². The van der Waals surface area contributed by atoms with E-state index in [1.807, 2.05) is 0 Å². The fourth-order valence-corrected chi connectivity index (χ4v) is 6.88. The fraction of sp³-hybridized carbons (Fsp3) is 0.111. The van der Waals surface area contributed by atoms with Gasteiger partial charge in [-0.25, -0.2) is 4.99 Å². The van der Waals surface area contributed by atoms with Crippen molar-refractivity contribution in [1.29, 1.82) is 0 Å². The molecule has 0 spiro atoms. The SMILES string of the molecule is C1=Cc2c(c3[nH]/c2=C\c2[nH]c(c4ccccc24)CC2N=C(/C=C4\N=C(C=3)c3ccccc34)c3ccccc32)CC1. The smallest absolute Gasteiger partial charge is 0.0817 e. The van der Waals surface area contributed by atoms with Crippen LogP contribution in [0.15, 0.2) is 94.9 Å². The van der Waals surface area contributed by atoms with Gasteiger partial charge in [0.2, 0.25) is 0 Å². The summed E-state index contributed by atoms with van der Waals surface area (Å²) in [4.78, 5) is 18.1. The van der Waals surface area contributed by atoms with Crippen molar-refractivity contribution in [3.05, 3.63) is 140 Å². The van der Waals surface area contributed by atoms with Crippen LogP contribution in [0.25, 0.3) is 34.7 Å². The molecule has 5 heterocycles. The normalized spacial score (nSPS) is 20.4. The second kappa shape index (κ2) is 8.27. The Kier molecular flexibility index (Phi) is 4.53. The van der Waals surface area contributed by atoms with Crippen LogP contribution in [-0.4, -0.2) is 21.4 Å². The number of nitrogens with one attached hydrogen (secondary N) is 2. The van der Waals surface area contributed by atoms with E-state index in [9.17, 15) is 0 Å². The monoisotopic (exact) mass is 514 g/mol. The average Bonchev–Trinajstić information content (AvgIpc) is 3.73. The molecule has 5 aromatic rings. The van der Waals surface area contributed by atoms with Gasteiger partial charge >= 0.3 is 0 Å². The Hall–Kier alpha value is -4.96. The molecule has 2 N–H and O–H groups in total. The molecule has 4 aliphatic rings. The molecule has 3 aromatic carbocycles. The highest BCUT2D eigenvalue weighted by Gasteiger charge is 2.27. The Morgan fingerprint density at radius 1 is 0.700 bits per heavy atom. The quantitative estimate of drug-likeness (QED) is 0.254. The molecule has 2 aromatic heterocycles. The van der Waals surface area contributed by atoms with E-state index >= 15 is 0 Å². The fourth-order valence-electron chi connectivity index (χ4n) is 6.88. The zero-order valence-corrected chi connectivity index (χ0v) is 21.9. The zero-order chi connectivity index (χ0) is 26.2. The number of aliphatic imine (C=N–C) groups is 2. The van der Waals surface area contributed by atoms with E-state index < -0.39 is 0 Å². The van der Waals surface area contributed by atoms with Gasteiger partial charge in [0.15, 0.2) is 0 Å². The maximum Gasteiger partial charge on any atom is 0.0817 e. The largest absolute Gasteiger partial charge is 0.358 e. The summed E-state index contributed by atoms with van der Waals surface area (Å²) in [7, 11) is 0. The molecule has 190 valence electrons. The molecule has 0 amide bonds.